The standard InChI is InChI=1S/C18H25ClFN5O2/c1-4-21-16(22-7-8-25-15(26)10-23-17(25)27)24-11-18(2,3)13-6-5-12(20)9-14(13)19/h5-6,9H,4,7-8,10-11H2,1-3H3,(H,23,27)(H2,21,22,24). The number of nitrogens with zero attached hydrogens (tertiary/aromatic N) is 2. The van der Waals surface area contributed by atoms with Crippen molar-refractivity contribution < 1.29 is 14.0 Å². The molecular formula is C18H25ClFN5O2. The van der Waals surface area contributed by atoms with Crippen LogP contribution in [0.25, 0.3) is 0 Å². The van der Waals surface area contributed by atoms with Crippen LogP contribution >= 0.6 is 11.6 Å². The minimum Gasteiger partial charge on any atom is -0.357 e. The summed E-state index contributed by atoms with van der Waals surface area (Å²) in [4.78, 5) is 28.9. The lowest BCUT2D eigenvalue weighted by molar-refractivity contribution is -0.124. The molecule has 7 nitrogen and oxygen atoms in total. The smallest absolute Gasteiger partial charge is 0.324 e. The second-order valence-electron chi connectivity index (χ2n) is 6.83. The maximum Gasteiger partial charge on any atom is 0.324 e. The zero-order valence-electron chi connectivity index (χ0n) is 15.7. The molecule has 0 atom stereocenters. The fourth-order valence-electron chi connectivity index (χ4n) is 2.71. The van der Waals surface area contributed by atoms with Gasteiger partial charge in [-0.15, -0.1) is 0 Å². The Bertz CT molecular complexity index is 722. The van der Waals surface area contributed by atoms with Crippen LogP contribution in [0.1, 0.15) is 26.3 Å². The molecule has 0 bridgehead atoms. The predicted octanol–water partition coefficient (Wildman–Crippen LogP) is 1.86. The number of benzene rings is 1. The van der Waals surface area contributed by atoms with Crippen LogP contribution in [-0.4, -0.2) is 55.5 Å². The first kappa shape index (κ1) is 21.0. The van der Waals surface area contributed by atoms with Crippen LogP contribution in [0.3, 0.4) is 0 Å². The molecule has 0 radical (unpaired) electrons. The number of hydrogen-bond donors (Lipinski definition) is 3. The van der Waals surface area contributed by atoms with Crippen molar-refractivity contribution >= 4 is 29.5 Å². The van der Waals surface area contributed by atoms with Crippen LogP contribution < -0.4 is 16.0 Å². The van der Waals surface area contributed by atoms with Crippen molar-refractivity contribution in [2.45, 2.75) is 26.2 Å². The molecule has 0 saturated carbocycles. The molecule has 0 unspecified atom stereocenters. The maximum atomic E-state index is 13.3. The third kappa shape index (κ3) is 5.56. The Balaban J connectivity index is 1.99. The van der Waals surface area contributed by atoms with Gasteiger partial charge in [-0.1, -0.05) is 31.5 Å². The number of amides is 3. The average Bonchev–Trinajstić information content (AvgIpc) is 2.91. The van der Waals surface area contributed by atoms with E-state index in [0.29, 0.717) is 30.6 Å². The van der Waals surface area contributed by atoms with Crippen molar-refractivity contribution in [3.05, 3.63) is 34.6 Å². The molecule has 2 rings (SSSR count). The third-order valence-electron chi connectivity index (χ3n) is 4.20. The highest BCUT2D eigenvalue weighted by molar-refractivity contribution is 6.31. The fraction of sp³-hybridized carbons (Fsp3) is 0.500. The van der Waals surface area contributed by atoms with Crippen molar-refractivity contribution in [1.29, 1.82) is 0 Å². The molecule has 0 aromatic heterocycles. The van der Waals surface area contributed by atoms with Crippen molar-refractivity contribution in [1.82, 2.24) is 20.9 Å². The molecule has 1 saturated heterocycles. The zero-order valence-corrected chi connectivity index (χ0v) is 16.5. The number of hydrogen-bond acceptors (Lipinski definition) is 3. The van der Waals surface area contributed by atoms with E-state index in [2.05, 4.69) is 20.9 Å². The van der Waals surface area contributed by atoms with Gasteiger partial charge in [0, 0.05) is 30.1 Å². The number of urea groups is 1. The van der Waals surface area contributed by atoms with E-state index in [-0.39, 0.29) is 30.8 Å². The van der Waals surface area contributed by atoms with Gasteiger partial charge in [0.15, 0.2) is 5.96 Å². The molecule has 1 fully saturated rings. The minimum absolute atomic E-state index is 0.0413. The Morgan fingerprint density at radius 1 is 1.37 bits per heavy atom. The summed E-state index contributed by atoms with van der Waals surface area (Å²) in [6.07, 6.45) is 0. The van der Waals surface area contributed by atoms with Gasteiger partial charge in [-0.3, -0.25) is 14.7 Å². The number of nitrogens with one attached hydrogen (secondary N) is 3. The monoisotopic (exact) mass is 397 g/mol. The van der Waals surface area contributed by atoms with E-state index in [1.807, 2.05) is 20.8 Å². The summed E-state index contributed by atoms with van der Waals surface area (Å²) in [6.45, 7) is 7.64. The fourth-order valence-corrected chi connectivity index (χ4v) is 3.13. The number of imide groups is 1. The summed E-state index contributed by atoms with van der Waals surface area (Å²) in [5.41, 5.74) is 0.405. The normalized spacial score (nSPS) is 15.1. The third-order valence-corrected chi connectivity index (χ3v) is 4.51. The number of carbonyl (C=O) groups is 2. The van der Waals surface area contributed by atoms with Gasteiger partial charge >= 0.3 is 6.03 Å². The number of carbonyl (C=O) groups excluding carboxylic acids is 2. The molecule has 1 aromatic rings. The van der Waals surface area contributed by atoms with Gasteiger partial charge in [-0.05, 0) is 24.6 Å². The van der Waals surface area contributed by atoms with E-state index in [1.165, 1.54) is 17.0 Å². The van der Waals surface area contributed by atoms with E-state index in [4.69, 9.17) is 11.6 Å². The Kier molecular flexibility index (Phi) is 7.01. The van der Waals surface area contributed by atoms with E-state index < -0.39 is 5.41 Å². The molecular weight excluding hydrogens is 373 g/mol. The van der Waals surface area contributed by atoms with Crippen molar-refractivity contribution in [2.75, 3.05) is 32.7 Å². The van der Waals surface area contributed by atoms with Crippen LogP contribution in [0.2, 0.25) is 5.02 Å². The lowest BCUT2D eigenvalue weighted by Gasteiger charge is -2.25. The first-order chi connectivity index (χ1) is 12.7. The summed E-state index contributed by atoms with van der Waals surface area (Å²) in [5.74, 6) is -0.0507. The van der Waals surface area contributed by atoms with Crippen LogP contribution in [0, 0.1) is 5.82 Å². The highest BCUT2D eigenvalue weighted by Crippen LogP contribution is 2.30. The van der Waals surface area contributed by atoms with E-state index in [1.54, 1.807) is 6.07 Å². The summed E-state index contributed by atoms with van der Waals surface area (Å²) in [6, 6.07) is 3.97. The van der Waals surface area contributed by atoms with E-state index in [9.17, 15) is 14.0 Å². The number of halogens is 2. The molecule has 0 aliphatic carbocycles. The van der Waals surface area contributed by atoms with Crippen LogP contribution in [0.4, 0.5) is 9.18 Å². The molecule has 1 aliphatic rings. The van der Waals surface area contributed by atoms with Crippen molar-refractivity contribution in [3.8, 4) is 0 Å². The Morgan fingerprint density at radius 3 is 2.70 bits per heavy atom. The highest BCUT2D eigenvalue weighted by atomic mass is 35.5. The number of rotatable bonds is 7. The largest absolute Gasteiger partial charge is 0.357 e. The summed E-state index contributed by atoms with van der Waals surface area (Å²) in [5, 5.41) is 9.08. The summed E-state index contributed by atoms with van der Waals surface area (Å²) >= 11 is 6.18. The Labute approximate surface area is 163 Å². The minimum atomic E-state index is -0.405. The van der Waals surface area contributed by atoms with Crippen molar-refractivity contribution in [2.24, 2.45) is 4.99 Å². The molecule has 3 N–H and O–H groups in total. The summed E-state index contributed by atoms with van der Waals surface area (Å²) in [7, 11) is 0. The molecule has 1 aromatic carbocycles. The Hall–Kier alpha value is -2.35. The van der Waals surface area contributed by atoms with Gasteiger partial charge in [0.05, 0.1) is 13.1 Å². The van der Waals surface area contributed by atoms with Crippen LogP contribution in [-0.2, 0) is 10.2 Å². The van der Waals surface area contributed by atoms with Crippen LogP contribution in [0.5, 0.6) is 0 Å². The molecule has 0 spiro atoms. The maximum absolute atomic E-state index is 13.3. The predicted molar refractivity (Wildman–Crippen MR) is 104 cm³/mol. The van der Waals surface area contributed by atoms with E-state index >= 15 is 0 Å². The highest BCUT2D eigenvalue weighted by Gasteiger charge is 2.28. The van der Waals surface area contributed by atoms with E-state index in [0.717, 1.165) is 5.56 Å². The van der Waals surface area contributed by atoms with Gasteiger partial charge < -0.3 is 16.0 Å². The topological polar surface area (TPSA) is 85.8 Å². The van der Waals surface area contributed by atoms with Crippen LogP contribution in [0.15, 0.2) is 23.2 Å². The zero-order chi connectivity index (χ0) is 20.0. The second kappa shape index (κ2) is 9.03. The molecule has 3 amide bonds. The average molecular weight is 398 g/mol. The SMILES string of the molecule is CCNC(=NCC(C)(C)c1ccc(F)cc1Cl)NCCN1C(=O)CNC1=O. The first-order valence-corrected chi connectivity index (χ1v) is 9.18. The Morgan fingerprint density at radius 2 is 2.11 bits per heavy atom. The molecule has 148 valence electrons. The molecule has 27 heavy (non-hydrogen) atoms. The second-order valence-corrected chi connectivity index (χ2v) is 7.24. The van der Waals surface area contributed by atoms with Crippen molar-refractivity contribution in [3.63, 3.8) is 0 Å². The molecule has 9 heteroatoms. The number of aliphatic imine (C=N–C) groups is 1. The lowest BCUT2D eigenvalue weighted by atomic mass is 9.84. The quantitative estimate of drug-likeness (QED) is 0.372. The van der Waals surface area contributed by atoms with Gasteiger partial charge in [0.25, 0.3) is 0 Å². The van der Waals surface area contributed by atoms with Gasteiger partial charge in [0.1, 0.15) is 5.82 Å². The van der Waals surface area contributed by atoms with Gasteiger partial charge in [-0.25, -0.2) is 9.18 Å². The van der Waals surface area contributed by atoms with Gasteiger partial charge in [-0.2, -0.15) is 0 Å². The summed E-state index contributed by atoms with van der Waals surface area (Å²) < 4.78 is 13.3. The first-order valence-electron chi connectivity index (χ1n) is 8.80. The lowest BCUT2D eigenvalue weighted by Crippen LogP contribution is -2.43. The van der Waals surface area contributed by atoms with Gasteiger partial charge in [0.2, 0.25) is 5.91 Å². The molecule has 1 aliphatic heterocycles. The number of guanidine groups is 1. The molecule has 1 heterocycles.